The van der Waals surface area contributed by atoms with Crippen LogP contribution in [0.15, 0.2) is 48.5 Å². The van der Waals surface area contributed by atoms with Crippen LogP contribution in [0.25, 0.3) is 0 Å². The van der Waals surface area contributed by atoms with Gasteiger partial charge in [-0.1, -0.05) is 30.3 Å². The molecule has 3 heteroatoms. The minimum absolute atomic E-state index is 0.0453. The zero-order valence-electron chi connectivity index (χ0n) is 10.1. The lowest BCUT2D eigenvalue weighted by molar-refractivity contribution is -0.109. The summed E-state index contributed by atoms with van der Waals surface area (Å²) in [5, 5.41) is 0. The maximum absolute atomic E-state index is 12.5. The highest BCUT2D eigenvalue weighted by atomic mass is 16.1. The third-order valence-corrected chi connectivity index (χ3v) is 4.02. The summed E-state index contributed by atoms with van der Waals surface area (Å²) >= 11 is 0. The third kappa shape index (κ3) is 1.17. The zero-order valence-corrected chi connectivity index (χ0v) is 10.1. The van der Waals surface area contributed by atoms with Gasteiger partial charge in [0.1, 0.15) is 12.3 Å². The Balaban J connectivity index is 2.01. The van der Waals surface area contributed by atoms with Crippen molar-refractivity contribution in [1.82, 2.24) is 0 Å². The third-order valence-electron chi connectivity index (χ3n) is 4.02. The maximum atomic E-state index is 12.5. The number of ketones is 1. The minimum Gasteiger partial charge on any atom is -0.329 e. The van der Waals surface area contributed by atoms with E-state index in [2.05, 4.69) is 0 Å². The molecule has 2 aliphatic rings. The van der Waals surface area contributed by atoms with Gasteiger partial charge < -0.3 is 9.69 Å². The number of nitrogens with zero attached hydrogens (tertiary/aromatic N) is 1. The van der Waals surface area contributed by atoms with Crippen molar-refractivity contribution in [3.8, 4) is 0 Å². The number of para-hydroxylation sites is 2. The van der Waals surface area contributed by atoms with Gasteiger partial charge in [0, 0.05) is 11.3 Å². The van der Waals surface area contributed by atoms with E-state index < -0.39 is 6.04 Å². The summed E-state index contributed by atoms with van der Waals surface area (Å²) in [6.45, 7) is 0. The highest BCUT2D eigenvalue weighted by molar-refractivity contribution is 6.16. The van der Waals surface area contributed by atoms with E-state index in [1.807, 2.05) is 53.4 Å². The summed E-state index contributed by atoms with van der Waals surface area (Å²) < 4.78 is 0. The molecule has 19 heavy (non-hydrogen) atoms. The molecule has 3 nitrogen and oxygen atoms in total. The van der Waals surface area contributed by atoms with Crippen molar-refractivity contribution in [3.63, 3.8) is 0 Å². The van der Waals surface area contributed by atoms with Crippen molar-refractivity contribution in [2.24, 2.45) is 0 Å². The van der Waals surface area contributed by atoms with Crippen LogP contribution in [-0.2, 0) is 4.79 Å². The summed E-state index contributed by atoms with van der Waals surface area (Å²) in [6, 6.07) is 14.9. The lowest BCUT2D eigenvalue weighted by atomic mass is 9.92. The van der Waals surface area contributed by atoms with Crippen molar-refractivity contribution in [2.75, 3.05) is 4.90 Å². The number of carbonyl (C=O) groups is 2. The number of hydrogen-bond acceptors (Lipinski definition) is 3. The molecule has 0 N–H and O–H groups in total. The molecule has 92 valence electrons. The normalized spacial score (nSPS) is 22.9. The van der Waals surface area contributed by atoms with E-state index in [-0.39, 0.29) is 11.7 Å². The van der Waals surface area contributed by atoms with Crippen LogP contribution in [0.1, 0.15) is 21.8 Å². The van der Waals surface area contributed by atoms with Crippen LogP contribution in [0.3, 0.4) is 0 Å². The molecule has 0 spiro atoms. The molecule has 0 radical (unpaired) electrons. The van der Waals surface area contributed by atoms with Gasteiger partial charge >= 0.3 is 0 Å². The first-order chi connectivity index (χ1) is 9.33. The number of fused-ring (bicyclic) bond motifs is 5. The first kappa shape index (κ1) is 10.5. The standard InChI is InChI=1S/C16H11NO2/c18-9-12-10-5-1-3-7-13(10)17-14-8-4-2-6-11(14)16(19)15(12)17/h1-9,12,15H. The van der Waals surface area contributed by atoms with Crippen LogP contribution >= 0.6 is 0 Å². The van der Waals surface area contributed by atoms with Gasteiger partial charge in [0.05, 0.1) is 11.6 Å². The second-order valence-electron chi connectivity index (χ2n) is 4.92. The van der Waals surface area contributed by atoms with Gasteiger partial charge in [-0.15, -0.1) is 0 Å². The summed E-state index contributed by atoms with van der Waals surface area (Å²) in [7, 11) is 0. The van der Waals surface area contributed by atoms with Gasteiger partial charge in [0.25, 0.3) is 0 Å². The predicted octanol–water partition coefficient (Wildman–Crippen LogP) is 2.69. The quantitative estimate of drug-likeness (QED) is 0.729. The number of rotatable bonds is 1. The van der Waals surface area contributed by atoms with Gasteiger partial charge in [0.15, 0.2) is 5.78 Å². The van der Waals surface area contributed by atoms with Crippen molar-refractivity contribution < 1.29 is 9.59 Å². The molecule has 2 aromatic rings. The molecule has 0 amide bonds. The maximum Gasteiger partial charge on any atom is 0.188 e. The average molecular weight is 249 g/mol. The number of aldehydes is 1. The van der Waals surface area contributed by atoms with E-state index in [4.69, 9.17) is 0 Å². The van der Waals surface area contributed by atoms with Crippen LogP contribution in [0, 0.1) is 0 Å². The average Bonchev–Trinajstić information content (AvgIpc) is 2.94. The molecule has 0 saturated heterocycles. The number of hydrogen-bond donors (Lipinski definition) is 0. The predicted molar refractivity (Wildman–Crippen MR) is 71.9 cm³/mol. The fraction of sp³-hybridized carbons (Fsp3) is 0.125. The summed E-state index contributed by atoms with van der Waals surface area (Å²) in [5.41, 5.74) is 3.55. The molecule has 2 unspecified atom stereocenters. The van der Waals surface area contributed by atoms with Gasteiger partial charge in [-0.2, -0.15) is 0 Å². The van der Waals surface area contributed by atoms with E-state index in [9.17, 15) is 9.59 Å². The Morgan fingerprint density at radius 2 is 1.63 bits per heavy atom. The Morgan fingerprint density at radius 1 is 0.947 bits per heavy atom. The van der Waals surface area contributed by atoms with Gasteiger partial charge in [-0.05, 0) is 23.8 Å². The Kier molecular flexibility index (Phi) is 1.96. The van der Waals surface area contributed by atoms with E-state index in [0.29, 0.717) is 5.56 Å². The molecule has 0 aromatic heterocycles. The number of carbonyl (C=O) groups excluding carboxylic acids is 2. The summed E-state index contributed by atoms with van der Waals surface area (Å²) in [5.74, 6) is -0.319. The van der Waals surface area contributed by atoms with E-state index in [1.54, 1.807) is 0 Å². The lowest BCUT2D eigenvalue weighted by Crippen LogP contribution is -2.31. The van der Waals surface area contributed by atoms with Gasteiger partial charge in [-0.3, -0.25) is 4.79 Å². The fourth-order valence-electron chi connectivity index (χ4n) is 3.23. The Bertz CT molecular complexity index is 707. The van der Waals surface area contributed by atoms with Crippen molar-refractivity contribution >= 4 is 23.4 Å². The Labute approximate surface area is 110 Å². The highest BCUT2D eigenvalue weighted by Crippen LogP contribution is 2.50. The Morgan fingerprint density at radius 3 is 2.42 bits per heavy atom. The SMILES string of the molecule is O=CC1c2ccccc2N2c3ccccc3C(=O)C12. The zero-order chi connectivity index (χ0) is 13.0. The minimum atomic E-state index is -0.396. The molecule has 2 atom stereocenters. The van der Waals surface area contributed by atoms with Crippen molar-refractivity contribution in [3.05, 3.63) is 59.7 Å². The van der Waals surface area contributed by atoms with Crippen LogP contribution < -0.4 is 4.90 Å². The van der Waals surface area contributed by atoms with E-state index in [1.165, 1.54) is 0 Å². The molecule has 2 heterocycles. The molecule has 0 saturated carbocycles. The number of benzene rings is 2. The molecule has 0 fully saturated rings. The van der Waals surface area contributed by atoms with E-state index in [0.717, 1.165) is 23.2 Å². The highest BCUT2D eigenvalue weighted by Gasteiger charge is 2.49. The summed E-state index contributed by atoms with van der Waals surface area (Å²) in [6.07, 6.45) is 0.896. The number of anilines is 2. The van der Waals surface area contributed by atoms with E-state index >= 15 is 0 Å². The fourth-order valence-corrected chi connectivity index (χ4v) is 3.23. The molecular formula is C16H11NO2. The van der Waals surface area contributed by atoms with Crippen LogP contribution in [0.2, 0.25) is 0 Å². The van der Waals surface area contributed by atoms with Crippen LogP contribution in [-0.4, -0.2) is 18.1 Å². The monoisotopic (exact) mass is 249 g/mol. The molecule has 2 aromatic carbocycles. The molecule has 4 rings (SSSR count). The summed E-state index contributed by atoms with van der Waals surface area (Å²) in [4.78, 5) is 26.0. The van der Waals surface area contributed by atoms with Crippen LogP contribution in [0.5, 0.6) is 0 Å². The number of Topliss-reactive ketones (excluding diaryl/α,β-unsaturated/α-hetero) is 1. The molecule has 0 aliphatic carbocycles. The topological polar surface area (TPSA) is 37.4 Å². The first-order valence-electron chi connectivity index (χ1n) is 6.29. The van der Waals surface area contributed by atoms with Gasteiger partial charge in [0.2, 0.25) is 0 Å². The lowest BCUT2D eigenvalue weighted by Gasteiger charge is -2.19. The Hall–Kier alpha value is -2.42. The van der Waals surface area contributed by atoms with Crippen LogP contribution in [0.4, 0.5) is 11.4 Å². The molecule has 0 bridgehead atoms. The molecular weight excluding hydrogens is 238 g/mol. The van der Waals surface area contributed by atoms with Crippen molar-refractivity contribution in [1.29, 1.82) is 0 Å². The van der Waals surface area contributed by atoms with Crippen molar-refractivity contribution in [2.45, 2.75) is 12.0 Å². The second-order valence-corrected chi connectivity index (χ2v) is 4.92. The smallest absolute Gasteiger partial charge is 0.188 e. The first-order valence-corrected chi connectivity index (χ1v) is 6.29. The second kappa shape index (κ2) is 3.54. The molecule has 2 aliphatic heterocycles. The largest absolute Gasteiger partial charge is 0.329 e. The van der Waals surface area contributed by atoms with Gasteiger partial charge in [-0.25, -0.2) is 0 Å².